The van der Waals surface area contributed by atoms with Crippen LogP contribution in [0.5, 0.6) is 5.75 Å². The maximum absolute atomic E-state index is 11.4. The number of carbonyl (C=O) groups is 1. The van der Waals surface area contributed by atoms with Crippen molar-refractivity contribution in [3.05, 3.63) is 24.3 Å². The molecule has 0 spiro atoms. The minimum absolute atomic E-state index is 0.349. The first-order valence-electron chi connectivity index (χ1n) is 7.17. The van der Waals surface area contributed by atoms with Crippen molar-refractivity contribution in [2.75, 3.05) is 13.7 Å². The Bertz CT molecular complexity index is 542. The lowest BCUT2D eigenvalue weighted by Crippen LogP contribution is -2.63. The minimum atomic E-state index is -1.29. The van der Waals surface area contributed by atoms with Crippen LogP contribution in [-0.2, 0) is 9.53 Å². The standard InChI is InChI=1S/C15H21NO6S/c1-8(18)16-12-14(20)13(19)10(7-17)22-15(12)23-11-6-4-3-5-9(11)21-2/h3-6,10,12-15,17,19-20H,7H2,1-2H3,(H,16,18)/t10-,12-,13-,14-,15+/m1/s1. The molecule has 7 nitrogen and oxygen atoms in total. The largest absolute Gasteiger partial charge is 0.496 e. The molecule has 0 radical (unpaired) electrons. The van der Waals surface area contributed by atoms with E-state index in [2.05, 4.69) is 5.32 Å². The van der Waals surface area contributed by atoms with Crippen LogP contribution in [0, 0.1) is 0 Å². The highest BCUT2D eigenvalue weighted by Gasteiger charge is 2.45. The summed E-state index contributed by atoms with van der Waals surface area (Å²) in [6, 6.07) is 6.44. The summed E-state index contributed by atoms with van der Waals surface area (Å²) in [5.74, 6) is 0.279. The van der Waals surface area contributed by atoms with Gasteiger partial charge < -0.3 is 30.1 Å². The van der Waals surface area contributed by atoms with Crippen molar-refractivity contribution in [1.29, 1.82) is 0 Å². The topological polar surface area (TPSA) is 108 Å². The zero-order valence-electron chi connectivity index (χ0n) is 12.9. The molecule has 0 unspecified atom stereocenters. The number of aliphatic hydroxyl groups excluding tert-OH is 3. The van der Waals surface area contributed by atoms with Crippen LogP contribution in [0.3, 0.4) is 0 Å². The Kier molecular flexibility index (Phi) is 6.25. The number of rotatable bonds is 5. The van der Waals surface area contributed by atoms with Gasteiger partial charge in [0.2, 0.25) is 5.91 Å². The van der Waals surface area contributed by atoms with E-state index in [-0.39, 0.29) is 5.91 Å². The highest BCUT2D eigenvalue weighted by atomic mass is 32.2. The van der Waals surface area contributed by atoms with Gasteiger partial charge in [-0.3, -0.25) is 4.79 Å². The van der Waals surface area contributed by atoms with Crippen LogP contribution in [0.2, 0.25) is 0 Å². The Morgan fingerprint density at radius 3 is 2.65 bits per heavy atom. The van der Waals surface area contributed by atoms with Crippen molar-refractivity contribution in [3.63, 3.8) is 0 Å². The summed E-state index contributed by atoms with van der Waals surface area (Å²) in [6.45, 7) is 0.885. The van der Waals surface area contributed by atoms with Crippen LogP contribution in [-0.4, -0.2) is 64.7 Å². The van der Waals surface area contributed by atoms with Gasteiger partial charge in [0, 0.05) is 6.92 Å². The summed E-state index contributed by atoms with van der Waals surface area (Å²) < 4.78 is 10.9. The fourth-order valence-electron chi connectivity index (χ4n) is 2.41. The summed E-state index contributed by atoms with van der Waals surface area (Å²) in [4.78, 5) is 12.2. The van der Waals surface area contributed by atoms with E-state index in [4.69, 9.17) is 9.47 Å². The van der Waals surface area contributed by atoms with Crippen LogP contribution in [0.1, 0.15) is 6.92 Å². The normalized spacial score (nSPS) is 30.7. The second-order valence-electron chi connectivity index (χ2n) is 5.20. The Morgan fingerprint density at radius 2 is 2.04 bits per heavy atom. The molecular formula is C15H21NO6S. The Hall–Kier alpha value is -1.32. The SMILES string of the molecule is COc1ccccc1S[C@@H]1O[C@H](CO)[C@@H](O)[C@H](O)[C@H]1NC(C)=O. The predicted octanol–water partition coefficient (Wildman–Crippen LogP) is -0.269. The van der Waals surface area contributed by atoms with Crippen molar-refractivity contribution in [2.45, 2.75) is 41.6 Å². The number of thioether (sulfide) groups is 1. The molecule has 1 saturated heterocycles. The molecule has 0 aromatic heterocycles. The van der Waals surface area contributed by atoms with E-state index in [0.717, 1.165) is 4.90 Å². The van der Waals surface area contributed by atoms with Crippen molar-refractivity contribution in [2.24, 2.45) is 0 Å². The average molecular weight is 343 g/mol. The molecule has 5 atom stereocenters. The van der Waals surface area contributed by atoms with Crippen LogP contribution in [0.25, 0.3) is 0 Å². The van der Waals surface area contributed by atoms with Gasteiger partial charge >= 0.3 is 0 Å². The first-order valence-corrected chi connectivity index (χ1v) is 8.05. The summed E-state index contributed by atoms with van der Waals surface area (Å²) in [6.07, 6.45) is -3.47. The zero-order chi connectivity index (χ0) is 17.0. The summed E-state index contributed by atoms with van der Waals surface area (Å²) in [5, 5.41) is 32.2. The van der Waals surface area contributed by atoms with Gasteiger partial charge in [-0.15, -0.1) is 0 Å². The lowest BCUT2D eigenvalue weighted by molar-refractivity contribution is -0.173. The molecule has 1 amide bonds. The third kappa shape index (κ3) is 4.15. The Balaban J connectivity index is 2.25. The van der Waals surface area contributed by atoms with Crippen LogP contribution in [0.15, 0.2) is 29.2 Å². The molecule has 1 aliphatic rings. The van der Waals surface area contributed by atoms with Crippen molar-refractivity contribution in [1.82, 2.24) is 5.32 Å². The van der Waals surface area contributed by atoms with Crippen LogP contribution in [0.4, 0.5) is 0 Å². The second kappa shape index (κ2) is 7.98. The van der Waals surface area contributed by atoms with Crippen LogP contribution >= 0.6 is 11.8 Å². The molecule has 0 saturated carbocycles. The molecule has 8 heteroatoms. The molecule has 1 heterocycles. The lowest BCUT2D eigenvalue weighted by atomic mass is 9.98. The molecule has 0 aliphatic carbocycles. The van der Waals surface area contributed by atoms with E-state index in [9.17, 15) is 20.1 Å². The van der Waals surface area contributed by atoms with E-state index in [0.29, 0.717) is 5.75 Å². The molecule has 1 aromatic carbocycles. The molecule has 128 valence electrons. The van der Waals surface area contributed by atoms with Gasteiger partial charge in [-0.1, -0.05) is 23.9 Å². The van der Waals surface area contributed by atoms with E-state index in [1.807, 2.05) is 18.2 Å². The van der Waals surface area contributed by atoms with Gasteiger partial charge in [0.15, 0.2) is 0 Å². The van der Waals surface area contributed by atoms with Crippen molar-refractivity contribution >= 4 is 17.7 Å². The number of hydrogen-bond donors (Lipinski definition) is 4. The van der Waals surface area contributed by atoms with Crippen molar-refractivity contribution < 1.29 is 29.6 Å². The molecular weight excluding hydrogens is 322 g/mol. The van der Waals surface area contributed by atoms with E-state index < -0.39 is 36.4 Å². The molecule has 1 aromatic rings. The number of hydrogen-bond acceptors (Lipinski definition) is 7. The maximum Gasteiger partial charge on any atom is 0.217 e. The number of benzene rings is 1. The number of ether oxygens (including phenoxy) is 2. The average Bonchev–Trinajstić information content (AvgIpc) is 2.54. The zero-order valence-corrected chi connectivity index (χ0v) is 13.7. The number of carbonyl (C=O) groups excluding carboxylic acids is 1. The molecule has 23 heavy (non-hydrogen) atoms. The first-order chi connectivity index (χ1) is 11.0. The fourth-order valence-corrected chi connectivity index (χ4v) is 3.66. The number of methoxy groups -OCH3 is 1. The summed E-state index contributed by atoms with van der Waals surface area (Å²) >= 11 is 1.25. The third-order valence-corrected chi connectivity index (χ3v) is 4.79. The summed E-state index contributed by atoms with van der Waals surface area (Å²) in [7, 11) is 1.54. The van der Waals surface area contributed by atoms with Gasteiger partial charge in [0.1, 0.15) is 29.5 Å². The lowest BCUT2D eigenvalue weighted by Gasteiger charge is -2.42. The number of amides is 1. The van der Waals surface area contributed by atoms with Gasteiger partial charge in [-0.05, 0) is 12.1 Å². The van der Waals surface area contributed by atoms with Gasteiger partial charge in [-0.25, -0.2) is 0 Å². The van der Waals surface area contributed by atoms with Gasteiger partial charge in [0.05, 0.1) is 24.7 Å². The highest BCUT2D eigenvalue weighted by molar-refractivity contribution is 8.00. The number of aliphatic hydroxyl groups is 3. The smallest absolute Gasteiger partial charge is 0.217 e. The van der Waals surface area contributed by atoms with Crippen LogP contribution < -0.4 is 10.1 Å². The molecule has 4 N–H and O–H groups in total. The molecule has 1 fully saturated rings. The van der Waals surface area contributed by atoms with Gasteiger partial charge in [0.25, 0.3) is 0 Å². The number of nitrogens with one attached hydrogen (secondary N) is 1. The fraction of sp³-hybridized carbons (Fsp3) is 0.533. The summed E-state index contributed by atoms with van der Waals surface area (Å²) in [5.41, 5.74) is -0.689. The Labute approximate surface area is 138 Å². The van der Waals surface area contributed by atoms with Gasteiger partial charge in [-0.2, -0.15) is 0 Å². The molecule has 0 bridgehead atoms. The minimum Gasteiger partial charge on any atom is -0.496 e. The maximum atomic E-state index is 11.4. The first kappa shape index (κ1) is 18.0. The third-order valence-electron chi connectivity index (χ3n) is 3.56. The quantitative estimate of drug-likeness (QED) is 0.583. The monoisotopic (exact) mass is 343 g/mol. The number of para-hydroxylation sites is 1. The molecule has 2 rings (SSSR count). The van der Waals surface area contributed by atoms with E-state index >= 15 is 0 Å². The van der Waals surface area contributed by atoms with Crippen molar-refractivity contribution in [3.8, 4) is 5.75 Å². The van der Waals surface area contributed by atoms with E-state index in [1.165, 1.54) is 18.7 Å². The second-order valence-corrected chi connectivity index (χ2v) is 6.34. The van der Waals surface area contributed by atoms with E-state index in [1.54, 1.807) is 13.2 Å². The highest BCUT2D eigenvalue weighted by Crippen LogP contribution is 2.37. The Morgan fingerprint density at radius 1 is 1.35 bits per heavy atom. The predicted molar refractivity (Wildman–Crippen MR) is 84.2 cm³/mol. The molecule has 1 aliphatic heterocycles.